The minimum Gasteiger partial charge on any atom is -0.466 e. The Morgan fingerprint density at radius 2 is 1.81 bits per heavy atom. The molecule has 0 aromatic heterocycles. The Hall–Kier alpha value is -1.79. The van der Waals surface area contributed by atoms with Gasteiger partial charge in [0, 0.05) is 4.91 Å². The molecule has 0 bridgehead atoms. The third-order valence-electron chi connectivity index (χ3n) is 1.53. The smallest absolute Gasteiger partial charge is 0.336 e. The number of aliphatic hydroxyl groups is 1. The number of rotatable bonds is 6. The van der Waals surface area contributed by atoms with E-state index in [1.54, 1.807) is 6.92 Å². The number of nitrogens with zero attached hydrogens (tertiary/aromatic N) is 3. The number of azide groups is 1. The summed E-state index contributed by atoms with van der Waals surface area (Å²) < 4.78 is 9.01. The highest BCUT2D eigenvalue weighted by Crippen LogP contribution is 2.05. The topological polar surface area (TPSA) is 122 Å². The first-order valence-corrected chi connectivity index (χ1v) is 4.64. The van der Waals surface area contributed by atoms with Crippen LogP contribution in [0, 0.1) is 0 Å². The molecule has 0 saturated heterocycles. The summed E-state index contributed by atoms with van der Waals surface area (Å²) in [7, 11) is 0. The summed E-state index contributed by atoms with van der Waals surface area (Å²) in [5.74, 6) is -2.01. The maximum Gasteiger partial charge on any atom is 0.336 e. The van der Waals surface area contributed by atoms with Crippen molar-refractivity contribution in [3.8, 4) is 0 Å². The predicted octanol–water partition coefficient (Wildman–Crippen LogP) is 0.152. The molecule has 0 aromatic rings. The summed E-state index contributed by atoms with van der Waals surface area (Å²) in [6, 6.07) is -1.62. The van der Waals surface area contributed by atoms with Gasteiger partial charge in [-0.25, -0.2) is 4.79 Å². The Morgan fingerprint density at radius 1 is 1.31 bits per heavy atom. The van der Waals surface area contributed by atoms with E-state index in [-0.39, 0.29) is 13.2 Å². The molecule has 16 heavy (non-hydrogen) atoms. The molecule has 0 aromatic carbocycles. The van der Waals surface area contributed by atoms with Crippen LogP contribution in [-0.2, 0) is 19.1 Å². The number of esters is 2. The number of ether oxygens (including phenoxy) is 2. The number of carbonyl (C=O) groups is 2. The van der Waals surface area contributed by atoms with Crippen LogP contribution in [-0.4, -0.2) is 42.4 Å². The van der Waals surface area contributed by atoms with Crippen LogP contribution in [0.4, 0.5) is 0 Å². The first-order chi connectivity index (χ1) is 7.58. The monoisotopic (exact) mass is 231 g/mol. The number of aliphatic hydroxyl groups excluding tert-OH is 1. The molecule has 90 valence electrons. The lowest BCUT2D eigenvalue weighted by Gasteiger charge is -2.15. The van der Waals surface area contributed by atoms with E-state index < -0.39 is 24.1 Å². The molecule has 8 nitrogen and oxygen atoms in total. The van der Waals surface area contributed by atoms with Crippen LogP contribution in [0.3, 0.4) is 0 Å². The van der Waals surface area contributed by atoms with Gasteiger partial charge in [0.25, 0.3) is 0 Å². The summed E-state index contributed by atoms with van der Waals surface area (Å²) >= 11 is 0. The minimum atomic E-state index is -1.85. The van der Waals surface area contributed by atoms with Crippen LogP contribution < -0.4 is 0 Å². The first-order valence-electron chi connectivity index (χ1n) is 4.64. The Labute approximate surface area is 91.8 Å². The number of carbonyl (C=O) groups excluding carboxylic acids is 2. The zero-order valence-electron chi connectivity index (χ0n) is 8.99. The summed E-state index contributed by atoms with van der Waals surface area (Å²) in [6.45, 7) is 3.17. The van der Waals surface area contributed by atoms with Crippen LogP contribution in [0.2, 0.25) is 0 Å². The molecule has 2 atom stereocenters. The van der Waals surface area contributed by atoms with E-state index in [4.69, 9.17) is 5.53 Å². The van der Waals surface area contributed by atoms with Crippen LogP contribution in [0.1, 0.15) is 13.8 Å². The van der Waals surface area contributed by atoms with Crippen molar-refractivity contribution >= 4 is 11.9 Å². The molecule has 1 N–H and O–H groups in total. The molecule has 0 amide bonds. The second-order valence-electron chi connectivity index (χ2n) is 2.60. The van der Waals surface area contributed by atoms with Crippen molar-refractivity contribution in [3.63, 3.8) is 0 Å². The zero-order valence-corrected chi connectivity index (χ0v) is 8.99. The number of hydrogen-bond donors (Lipinski definition) is 1. The molecule has 0 saturated carbocycles. The van der Waals surface area contributed by atoms with Gasteiger partial charge in [-0.3, -0.25) is 4.79 Å². The average molecular weight is 231 g/mol. The maximum absolute atomic E-state index is 11.2. The van der Waals surface area contributed by atoms with Gasteiger partial charge in [0.1, 0.15) is 0 Å². The highest BCUT2D eigenvalue weighted by atomic mass is 16.6. The second-order valence-corrected chi connectivity index (χ2v) is 2.60. The van der Waals surface area contributed by atoms with E-state index >= 15 is 0 Å². The third-order valence-corrected chi connectivity index (χ3v) is 1.53. The van der Waals surface area contributed by atoms with Crippen molar-refractivity contribution in [2.24, 2.45) is 5.11 Å². The van der Waals surface area contributed by atoms with Gasteiger partial charge in [0.2, 0.25) is 0 Å². The third kappa shape index (κ3) is 4.16. The fourth-order valence-electron chi connectivity index (χ4n) is 0.879. The molecule has 0 unspecified atom stereocenters. The van der Waals surface area contributed by atoms with Crippen LogP contribution in [0.25, 0.3) is 10.4 Å². The fraction of sp³-hybridized carbons (Fsp3) is 0.750. The van der Waals surface area contributed by atoms with Crippen molar-refractivity contribution in [1.82, 2.24) is 0 Å². The lowest BCUT2D eigenvalue weighted by molar-refractivity contribution is -0.161. The van der Waals surface area contributed by atoms with Crippen molar-refractivity contribution in [2.75, 3.05) is 13.2 Å². The zero-order chi connectivity index (χ0) is 12.6. The molecule has 0 radical (unpaired) electrons. The van der Waals surface area contributed by atoms with E-state index in [2.05, 4.69) is 19.5 Å². The van der Waals surface area contributed by atoms with E-state index in [1.165, 1.54) is 6.92 Å². The Morgan fingerprint density at radius 3 is 2.25 bits per heavy atom. The predicted molar refractivity (Wildman–Crippen MR) is 52.2 cm³/mol. The quantitative estimate of drug-likeness (QED) is 0.302. The Balaban J connectivity index is 4.70. The van der Waals surface area contributed by atoms with Gasteiger partial charge in [0.05, 0.1) is 13.2 Å². The van der Waals surface area contributed by atoms with Crippen LogP contribution >= 0.6 is 0 Å². The SMILES string of the molecule is CCOC(=O)[C@@H](N=[N+]=[N-])[C@@H](O)C(=O)OCC. The van der Waals surface area contributed by atoms with Gasteiger partial charge in [-0.05, 0) is 19.4 Å². The molecular weight excluding hydrogens is 218 g/mol. The van der Waals surface area contributed by atoms with Crippen molar-refractivity contribution in [1.29, 1.82) is 0 Å². The average Bonchev–Trinajstić information content (AvgIpc) is 2.25. The van der Waals surface area contributed by atoms with Crippen molar-refractivity contribution < 1.29 is 24.2 Å². The van der Waals surface area contributed by atoms with Gasteiger partial charge < -0.3 is 14.6 Å². The number of hydrogen-bond acceptors (Lipinski definition) is 6. The standard InChI is InChI=1S/C8H13N3O5/c1-3-15-7(13)5(10-11-9)6(12)8(14)16-4-2/h5-6,12H,3-4H2,1-2H3/t5-,6+/m0/s1. The van der Waals surface area contributed by atoms with Gasteiger partial charge in [-0.2, -0.15) is 0 Å². The van der Waals surface area contributed by atoms with E-state index in [1.807, 2.05) is 0 Å². The molecule has 0 fully saturated rings. The molecule has 0 aliphatic heterocycles. The molecule has 0 heterocycles. The normalized spacial score (nSPS) is 13.2. The van der Waals surface area contributed by atoms with E-state index in [9.17, 15) is 14.7 Å². The fourth-order valence-corrected chi connectivity index (χ4v) is 0.879. The highest BCUT2D eigenvalue weighted by molar-refractivity contribution is 5.86. The summed E-state index contributed by atoms with van der Waals surface area (Å²) in [6.07, 6.45) is -1.85. The van der Waals surface area contributed by atoms with Crippen LogP contribution in [0.15, 0.2) is 5.11 Å². The van der Waals surface area contributed by atoms with E-state index in [0.717, 1.165) is 0 Å². The highest BCUT2D eigenvalue weighted by Gasteiger charge is 2.33. The minimum absolute atomic E-state index is 0.0434. The summed E-state index contributed by atoms with van der Waals surface area (Å²) in [4.78, 5) is 24.7. The van der Waals surface area contributed by atoms with Gasteiger partial charge in [0.15, 0.2) is 12.1 Å². The first kappa shape index (κ1) is 14.2. The maximum atomic E-state index is 11.2. The molecule has 0 rings (SSSR count). The van der Waals surface area contributed by atoms with Crippen LogP contribution in [0.5, 0.6) is 0 Å². The largest absolute Gasteiger partial charge is 0.466 e. The van der Waals surface area contributed by atoms with Gasteiger partial charge in [-0.15, -0.1) is 0 Å². The second kappa shape index (κ2) is 7.49. The molecule has 0 aliphatic carbocycles. The van der Waals surface area contributed by atoms with Crippen molar-refractivity contribution in [2.45, 2.75) is 26.0 Å². The summed E-state index contributed by atoms with van der Waals surface area (Å²) in [5.41, 5.74) is 8.20. The molecular formula is C8H13N3O5. The van der Waals surface area contributed by atoms with Gasteiger partial charge in [-0.1, -0.05) is 5.11 Å². The molecule has 8 heteroatoms. The molecule has 0 spiro atoms. The van der Waals surface area contributed by atoms with Gasteiger partial charge >= 0.3 is 11.9 Å². The van der Waals surface area contributed by atoms with Crippen molar-refractivity contribution in [3.05, 3.63) is 10.4 Å². The molecule has 0 aliphatic rings. The summed E-state index contributed by atoms with van der Waals surface area (Å²) in [5, 5.41) is 12.4. The lowest BCUT2D eigenvalue weighted by Crippen LogP contribution is -2.40. The Kier molecular flexibility index (Phi) is 6.66. The lowest BCUT2D eigenvalue weighted by atomic mass is 10.2. The Bertz CT molecular complexity index is 300. The van der Waals surface area contributed by atoms with E-state index in [0.29, 0.717) is 0 Å².